The Morgan fingerprint density at radius 2 is 2.29 bits per heavy atom. The van der Waals surface area contributed by atoms with Gasteiger partial charge < -0.3 is 10.1 Å². The molecular formula is C12H20N2O2S. The highest BCUT2D eigenvalue weighted by molar-refractivity contribution is 7.09. The van der Waals surface area contributed by atoms with E-state index in [4.69, 9.17) is 4.74 Å². The summed E-state index contributed by atoms with van der Waals surface area (Å²) in [5.74, 6) is -0.299. The average Bonchev–Trinajstić information content (AvgIpc) is 2.72. The van der Waals surface area contributed by atoms with Crippen molar-refractivity contribution >= 4 is 17.3 Å². The van der Waals surface area contributed by atoms with E-state index in [2.05, 4.69) is 15.7 Å². The molecule has 5 heteroatoms. The fraction of sp³-hybridized carbons (Fsp3) is 0.667. The number of carbonyl (C=O) groups is 1. The summed E-state index contributed by atoms with van der Waals surface area (Å²) >= 11 is 1.67. The van der Waals surface area contributed by atoms with Crippen molar-refractivity contribution in [2.75, 3.05) is 13.7 Å². The molecule has 0 bridgehead atoms. The molecule has 0 fully saturated rings. The van der Waals surface area contributed by atoms with Gasteiger partial charge in [-0.05, 0) is 13.8 Å². The minimum atomic E-state index is -0.172. The van der Waals surface area contributed by atoms with Crippen LogP contribution in [-0.4, -0.2) is 30.6 Å². The fourth-order valence-corrected chi connectivity index (χ4v) is 2.16. The number of ether oxygens (including phenoxy) is 1. The molecular weight excluding hydrogens is 236 g/mol. The number of esters is 1. The lowest BCUT2D eigenvalue weighted by molar-refractivity contribution is -0.145. The van der Waals surface area contributed by atoms with E-state index in [1.807, 2.05) is 20.8 Å². The average molecular weight is 256 g/mol. The first-order valence-corrected chi connectivity index (χ1v) is 6.64. The lowest BCUT2D eigenvalue weighted by Crippen LogP contribution is -2.37. The molecule has 0 amide bonds. The molecule has 0 aliphatic carbocycles. The van der Waals surface area contributed by atoms with Gasteiger partial charge in [0.2, 0.25) is 0 Å². The maximum atomic E-state index is 11.3. The van der Waals surface area contributed by atoms with Crippen LogP contribution in [0.3, 0.4) is 0 Å². The molecule has 2 atom stereocenters. The van der Waals surface area contributed by atoms with Gasteiger partial charge in [0.25, 0.3) is 0 Å². The number of hydrogen-bond acceptors (Lipinski definition) is 5. The van der Waals surface area contributed by atoms with Gasteiger partial charge in [0.05, 0.1) is 23.7 Å². The van der Waals surface area contributed by atoms with Gasteiger partial charge in [0.15, 0.2) is 0 Å². The van der Waals surface area contributed by atoms with Crippen molar-refractivity contribution in [2.45, 2.75) is 33.2 Å². The fourth-order valence-electron chi connectivity index (χ4n) is 1.52. The minimum Gasteiger partial charge on any atom is -0.469 e. The normalized spacial score (nSPS) is 14.4. The van der Waals surface area contributed by atoms with E-state index in [1.54, 1.807) is 11.3 Å². The second-order valence-corrected chi connectivity index (χ2v) is 5.22. The van der Waals surface area contributed by atoms with E-state index >= 15 is 0 Å². The van der Waals surface area contributed by atoms with Crippen molar-refractivity contribution in [3.8, 4) is 0 Å². The first kappa shape index (κ1) is 14.1. The molecule has 0 radical (unpaired) electrons. The minimum absolute atomic E-state index is 0.113. The quantitative estimate of drug-likeness (QED) is 0.788. The van der Waals surface area contributed by atoms with E-state index in [-0.39, 0.29) is 17.9 Å². The number of rotatable bonds is 6. The molecule has 1 aromatic rings. The van der Waals surface area contributed by atoms with Crippen molar-refractivity contribution in [2.24, 2.45) is 5.92 Å². The van der Waals surface area contributed by atoms with Crippen molar-refractivity contribution in [1.29, 1.82) is 0 Å². The standard InChI is InChI=1S/C12H20N2O2S/c1-8(12(15)16-4)9(2)13-6-5-11-7-17-10(3)14-11/h7-9,13H,5-6H2,1-4H3. The topological polar surface area (TPSA) is 51.2 Å². The van der Waals surface area contributed by atoms with Crippen LogP contribution < -0.4 is 5.32 Å². The van der Waals surface area contributed by atoms with Crippen molar-refractivity contribution in [1.82, 2.24) is 10.3 Å². The maximum Gasteiger partial charge on any atom is 0.309 e. The molecule has 0 saturated carbocycles. The Morgan fingerprint density at radius 1 is 1.59 bits per heavy atom. The van der Waals surface area contributed by atoms with Crippen LogP contribution in [0.4, 0.5) is 0 Å². The lowest BCUT2D eigenvalue weighted by atomic mass is 10.0. The SMILES string of the molecule is COC(=O)C(C)C(C)NCCc1csc(C)n1. The van der Waals surface area contributed by atoms with Crippen LogP contribution in [0.25, 0.3) is 0 Å². The Labute approximate surface area is 106 Å². The Bertz CT molecular complexity index is 365. The number of aryl methyl sites for hydroxylation is 1. The first-order valence-electron chi connectivity index (χ1n) is 5.76. The van der Waals surface area contributed by atoms with E-state index in [9.17, 15) is 4.79 Å². The number of nitrogens with zero attached hydrogens (tertiary/aromatic N) is 1. The van der Waals surface area contributed by atoms with Crippen molar-refractivity contribution in [3.63, 3.8) is 0 Å². The summed E-state index contributed by atoms with van der Waals surface area (Å²) < 4.78 is 4.71. The summed E-state index contributed by atoms with van der Waals surface area (Å²) in [5.41, 5.74) is 1.11. The molecule has 1 heterocycles. The highest BCUT2D eigenvalue weighted by atomic mass is 32.1. The largest absolute Gasteiger partial charge is 0.469 e. The van der Waals surface area contributed by atoms with Gasteiger partial charge in [-0.3, -0.25) is 4.79 Å². The summed E-state index contributed by atoms with van der Waals surface area (Å²) in [6.45, 7) is 6.69. The van der Waals surface area contributed by atoms with Gasteiger partial charge in [-0.15, -0.1) is 11.3 Å². The smallest absolute Gasteiger partial charge is 0.309 e. The summed E-state index contributed by atoms with van der Waals surface area (Å²) in [4.78, 5) is 15.7. The predicted octanol–water partition coefficient (Wildman–Crippen LogP) is 1.78. The van der Waals surface area contributed by atoms with Crippen LogP contribution in [-0.2, 0) is 16.0 Å². The van der Waals surface area contributed by atoms with Crippen LogP contribution in [0.2, 0.25) is 0 Å². The molecule has 96 valence electrons. The van der Waals surface area contributed by atoms with E-state index in [1.165, 1.54) is 7.11 Å². The molecule has 17 heavy (non-hydrogen) atoms. The number of methoxy groups -OCH3 is 1. The Morgan fingerprint density at radius 3 is 2.82 bits per heavy atom. The van der Waals surface area contributed by atoms with Crippen LogP contribution in [0.5, 0.6) is 0 Å². The molecule has 0 spiro atoms. The maximum absolute atomic E-state index is 11.3. The lowest BCUT2D eigenvalue weighted by Gasteiger charge is -2.18. The second-order valence-electron chi connectivity index (χ2n) is 4.16. The van der Waals surface area contributed by atoms with Gasteiger partial charge >= 0.3 is 5.97 Å². The Kier molecular flexibility index (Phi) is 5.58. The molecule has 2 unspecified atom stereocenters. The molecule has 4 nitrogen and oxygen atoms in total. The molecule has 0 saturated heterocycles. The Balaban J connectivity index is 2.28. The molecule has 1 aromatic heterocycles. The van der Waals surface area contributed by atoms with Crippen LogP contribution >= 0.6 is 11.3 Å². The number of nitrogens with one attached hydrogen (secondary N) is 1. The zero-order valence-electron chi connectivity index (χ0n) is 10.8. The molecule has 0 aromatic carbocycles. The molecule has 1 rings (SSSR count). The van der Waals surface area contributed by atoms with Gasteiger partial charge in [-0.2, -0.15) is 0 Å². The van der Waals surface area contributed by atoms with Crippen molar-refractivity contribution < 1.29 is 9.53 Å². The zero-order valence-corrected chi connectivity index (χ0v) is 11.6. The monoisotopic (exact) mass is 256 g/mol. The predicted molar refractivity (Wildman–Crippen MR) is 69.2 cm³/mol. The number of thiazole rings is 1. The summed E-state index contributed by atoms with van der Waals surface area (Å²) in [6.07, 6.45) is 0.891. The number of carbonyl (C=O) groups excluding carboxylic acids is 1. The van der Waals surface area contributed by atoms with Gasteiger partial charge in [0, 0.05) is 24.4 Å². The first-order chi connectivity index (χ1) is 8.04. The van der Waals surface area contributed by atoms with Crippen molar-refractivity contribution in [3.05, 3.63) is 16.1 Å². The van der Waals surface area contributed by atoms with E-state index in [0.29, 0.717) is 0 Å². The summed E-state index contributed by atoms with van der Waals surface area (Å²) in [6, 6.07) is 0.113. The molecule has 1 N–H and O–H groups in total. The van der Waals surface area contributed by atoms with Crippen LogP contribution in [0.15, 0.2) is 5.38 Å². The Hall–Kier alpha value is -0.940. The highest BCUT2D eigenvalue weighted by Gasteiger charge is 2.19. The van der Waals surface area contributed by atoms with Gasteiger partial charge in [-0.25, -0.2) is 4.98 Å². The third kappa shape index (κ3) is 4.44. The third-order valence-corrected chi connectivity index (χ3v) is 3.66. The van der Waals surface area contributed by atoms with Gasteiger partial charge in [0.1, 0.15) is 0 Å². The van der Waals surface area contributed by atoms with Crippen LogP contribution in [0, 0.1) is 12.8 Å². The van der Waals surface area contributed by atoms with E-state index < -0.39 is 0 Å². The molecule has 0 aliphatic rings. The van der Waals surface area contributed by atoms with E-state index in [0.717, 1.165) is 23.7 Å². The second kappa shape index (κ2) is 6.71. The zero-order chi connectivity index (χ0) is 12.8. The summed E-state index contributed by atoms with van der Waals surface area (Å²) in [7, 11) is 1.42. The number of aromatic nitrogens is 1. The van der Waals surface area contributed by atoms with Crippen LogP contribution in [0.1, 0.15) is 24.5 Å². The highest BCUT2D eigenvalue weighted by Crippen LogP contribution is 2.09. The van der Waals surface area contributed by atoms with Gasteiger partial charge in [-0.1, -0.05) is 6.92 Å². The third-order valence-electron chi connectivity index (χ3n) is 2.84. The summed E-state index contributed by atoms with van der Waals surface area (Å²) in [5, 5.41) is 6.49. The number of hydrogen-bond donors (Lipinski definition) is 1. The molecule has 0 aliphatic heterocycles.